The molecule has 1 saturated carbocycles. The van der Waals surface area contributed by atoms with E-state index in [0.717, 1.165) is 0 Å². The third kappa shape index (κ3) is 0.623. The molecular weight excluding hydrogens is 132 g/mol. The highest BCUT2D eigenvalue weighted by Crippen LogP contribution is 2.43. The van der Waals surface area contributed by atoms with Crippen molar-refractivity contribution in [2.24, 2.45) is 17.6 Å². The van der Waals surface area contributed by atoms with Gasteiger partial charge in [-0.15, -0.1) is 0 Å². The number of hydrogen-bond donors (Lipinski definition) is 2. The van der Waals surface area contributed by atoms with Crippen molar-refractivity contribution in [2.75, 3.05) is 13.1 Å². The highest BCUT2D eigenvalue weighted by molar-refractivity contribution is 5.65. The second-order valence-electron chi connectivity index (χ2n) is 3.09. The van der Waals surface area contributed by atoms with Gasteiger partial charge in [0.1, 0.15) is 0 Å². The fourth-order valence-corrected chi connectivity index (χ4v) is 1.73. The van der Waals surface area contributed by atoms with Gasteiger partial charge in [0.2, 0.25) is 0 Å². The first kappa shape index (κ1) is 5.97. The van der Waals surface area contributed by atoms with E-state index in [1.165, 1.54) is 4.90 Å². The van der Waals surface area contributed by atoms with Gasteiger partial charge < -0.3 is 15.7 Å². The summed E-state index contributed by atoms with van der Waals surface area (Å²) in [6, 6.07) is 0.288. The number of likely N-dealkylation sites (tertiary alicyclic amines) is 1. The van der Waals surface area contributed by atoms with Crippen LogP contribution in [-0.2, 0) is 0 Å². The van der Waals surface area contributed by atoms with Crippen molar-refractivity contribution in [1.82, 2.24) is 4.90 Å². The topological polar surface area (TPSA) is 66.6 Å². The van der Waals surface area contributed by atoms with Crippen LogP contribution in [-0.4, -0.2) is 35.2 Å². The number of rotatable bonds is 0. The summed E-state index contributed by atoms with van der Waals surface area (Å²) in [4.78, 5) is 11.8. The largest absolute Gasteiger partial charge is 0.465 e. The molecule has 56 valence electrons. The van der Waals surface area contributed by atoms with Crippen LogP contribution in [0.3, 0.4) is 0 Å². The average Bonchev–Trinajstić information content (AvgIpc) is 2.38. The van der Waals surface area contributed by atoms with Crippen LogP contribution < -0.4 is 5.73 Å². The number of nitrogens with zero attached hydrogens (tertiary/aromatic N) is 1. The summed E-state index contributed by atoms with van der Waals surface area (Å²) in [5.41, 5.74) is 5.61. The van der Waals surface area contributed by atoms with Gasteiger partial charge in [0, 0.05) is 19.1 Å². The zero-order valence-electron chi connectivity index (χ0n) is 5.53. The molecular formula is C6H10N2O2. The number of amides is 1. The molecule has 4 heteroatoms. The molecule has 0 spiro atoms. The normalized spacial score (nSPS) is 43.3. The highest BCUT2D eigenvalue weighted by atomic mass is 16.4. The Hall–Kier alpha value is -0.770. The van der Waals surface area contributed by atoms with E-state index in [2.05, 4.69) is 0 Å². The smallest absolute Gasteiger partial charge is 0.407 e. The van der Waals surface area contributed by atoms with E-state index in [1.807, 2.05) is 0 Å². The minimum absolute atomic E-state index is 0.288. The lowest BCUT2D eigenvalue weighted by atomic mass is 10.4. The maximum atomic E-state index is 10.4. The second kappa shape index (κ2) is 1.63. The first-order valence-corrected chi connectivity index (χ1v) is 3.43. The summed E-state index contributed by atoms with van der Waals surface area (Å²) in [5.74, 6) is 0.937. The third-order valence-corrected chi connectivity index (χ3v) is 2.53. The van der Waals surface area contributed by atoms with Gasteiger partial charge in [0.15, 0.2) is 0 Å². The number of hydrogen-bond acceptors (Lipinski definition) is 2. The molecule has 0 radical (unpaired) electrons. The predicted molar refractivity (Wildman–Crippen MR) is 34.6 cm³/mol. The van der Waals surface area contributed by atoms with E-state index >= 15 is 0 Å². The SMILES string of the molecule is N[C@@H]1[C@H]2CN(C(=O)O)C[C@@H]12. The first-order valence-electron chi connectivity index (χ1n) is 3.43. The number of piperidine rings is 1. The average molecular weight is 142 g/mol. The lowest BCUT2D eigenvalue weighted by molar-refractivity contribution is 0.150. The van der Waals surface area contributed by atoms with Crippen LogP contribution in [0, 0.1) is 11.8 Å². The van der Waals surface area contributed by atoms with E-state index in [-0.39, 0.29) is 6.04 Å². The van der Waals surface area contributed by atoms with Gasteiger partial charge in [0.05, 0.1) is 0 Å². The Morgan fingerprint density at radius 1 is 1.50 bits per heavy atom. The molecule has 1 aliphatic heterocycles. The van der Waals surface area contributed by atoms with Crippen molar-refractivity contribution in [3.63, 3.8) is 0 Å². The van der Waals surface area contributed by atoms with E-state index in [0.29, 0.717) is 24.9 Å². The third-order valence-electron chi connectivity index (χ3n) is 2.53. The second-order valence-corrected chi connectivity index (χ2v) is 3.09. The Kier molecular flexibility index (Phi) is 0.976. The van der Waals surface area contributed by atoms with Crippen LogP contribution in [0.2, 0.25) is 0 Å². The number of carboxylic acid groups (broad SMARTS) is 1. The van der Waals surface area contributed by atoms with Gasteiger partial charge in [-0.3, -0.25) is 0 Å². The summed E-state index contributed by atoms with van der Waals surface area (Å²) in [5, 5.41) is 8.52. The molecule has 0 aromatic heterocycles. The van der Waals surface area contributed by atoms with Crippen molar-refractivity contribution in [3.05, 3.63) is 0 Å². The molecule has 3 N–H and O–H groups in total. The Balaban J connectivity index is 1.95. The Morgan fingerprint density at radius 3 is 2.40 bits per heavy atom. The predicted octanol–water partition coefficient (Wildman–Crippen LogP) is -0.447. The van der Waals surface area contributed by atoms with Crippen LogP contribution in [0.25, 0.3) is 0 Å². The summed E-state index contributed by atoms with van der Waals surface area (Å²) in [6.07, 6.45) is -0.806. The summed E-state index contributed by atoms with van der Waals surface area (Å²) in [7, 11) is 0. The van der Waals surface area contributed by atoms with Gasteiger partial charge in [-0.2, -0.15) is 0 Å². The molecule has 2 rings (SSSR count). The van der Waals surface area contributed by atoms with Gasteiger partial charge in [0.25, 0.3) is 0 Å². The van der Waals surface area contributed by atoms with Gasteiger partial charge in [-0.05, 0) is 11.8 Å². The molecule has 0 unspecified atom stereocenters. The number of nitrogens with two attached hydrogens (primary N) is 1. The number of carbonyl (C=O) groups is 1. The molecule has 3 atom stereocenters. The lowest BCUT2D eigenvalue weighted by Crippen LogP contribution is -2.32. The molecule has 1 aliphatic carbocycles. The molecule has 1 heterocycles. The fourth-order valence-electron chi connectivity index (χ4n) is 1.73. The number of fused-ring (bicyclic) bond motifs is 1. The summed E-state index contributed by atoms with van der Waals surface area (Å²) >= 11 is 0. The van der Waals surface area contributed by atoms with E-state index < -0.39 is 6.09 Å². The van der Waals surface area contributed by atoms with Crippen LogP contribution >= 0.6 is 0 Å². The quantitative estimate of drug-likeness (QED) is 0.481. The molecule has 0 aromatic rings. The van der Waals surface area contributed by atoms with Crippen LogP contribution in [0.1, 0.15) is 0 Å². The molecule has 0 bridgehead atoms. The molecule has 2 aliphatic rings. The maximum Gasteiger partial charge on any atom is 0.407 e. The van der Waals surface area contributed by atoms with E-state index in [9.17, 15) is 4.79 Å². The van der Waals surface area contributed by atoms with Crippen LogP contribution in [0.15, 0.2) is 0 Å². The zero-order valence-corrected chi connectivity index (χ0v) is 5.53. The van der Waals surface area contributed by atoms with E-state index in [4.69, 9.17) is 10.8 Å². The van der Waals surface area contributed by atoms with Gasteiger partial charge >= 0.3 is 6.09 Å². The maximum absolute atomic E-state index is 10.4. The minimum atomic E-state index is -0.806. The molecule has 4 nitrogen and oxygen atoms in total. The standard InChI is InChI=1S/C6H10N2O2/c7-5-3-1-8(6(9)10)2-4(3)5/h3-5H,1-2,7H2,(H,9,10)/t3-,4+,5+. The first-order chi connectivity index (χ1) is 4.70. The van der Waals surface area contributed by atoms with Gasteiger partial charge in [-0.25, -0.2) is 4.79 Å². The van der Waals surface area contributed by atoms with Crippen molar-refractivity contribution in [1.29, 1.82) is 0 Å². The van der Waals surface area contributed by atoms with E-state index in [1.54, 1.807) is 0 Å². The Morgan fingerprint density at radius 2 is 2.00 bits per heavy atom. The molecule has 2 fully saturated rings. The van der Waals surface area contributed by atoms with Crippen molar-refractivity contribution in [3.8, 4) is 0 Å². The molecule has 1 saturated heterocycles. The fraction of sp³-hybridized carbons (Fsp3) is 0.833. The lowest BCUT2D eigenvalue weighted by Gasteiger charge is -2.13. The minimum Gasteiger partial charge on any atom is -0.465 e. The monoisotopic (exact) mass is 142 g/mol. The Bertz CT molecular complexity index is 171. The molecule has 0 aromatic carbocycles. The van der Waals surface area contributed by atoms with Crippen molar-refractivity contribution in [2.45, 2.75) is 6.04 Å². The van der Waals surface area contributed by atoms with Gasteiger partial charge in [-0.1, -0.05) is 0 Å². The summed E-state index contributed by atoms with van der Waals surface area (Å²) < 4.78 is 0. The van der Waals surface area contributed by atoms with Crippen molar-refractivity contribution < 1.29 is 9.90 Å². The van der Waals surface area contributed by atoms with Crippen LogP contribution in [0.5, 0.6) is 0 Å². The molecule has 10 heavy (non-hydrogen) atoms. The van der Waals surface area contributed by atoms with Crippen molar-refractivity contribution >= 4 is 6.09 Å². The molecule has 1 amide bonds. The highest BCUT2D eigenvalue weighted by Gasteiger charge is 2.54. The zero-order chi connectivity index (χ0) is 7.30. The van der Waals surface area contributed by atoms with Crippen LogP contribution in [0.4, 0.5) is 4.79 Å². The Labute approximate surface area is 58.6 Å². The summed E-state index contributed by atoms with van der Waals surface area (Å²) in [6.45, 7) is 1.31.